The van der Waals surface area contributed by atoms with Crippen LogP contribution in [0.25, 0.3) is 0 Å². The number of ether oxygens (including phenoxy) is 1. The minimum atomic E-state index is -3.63. The molecular formula is C17H26ClN3O4S. The van der Waals surface area contributed by atoms with Crippen molar-refractivity contribution in [1.82, 2.24) is 15.4 Å². The number of amides is 1. The van der Waals surface area contributed by atoms with Crippen LogP contribution in [0.1, 0.15) is 19.8 Å². The first kappa shape index (κ1) is 22.4. The quantitative estimate of drug-likeness (QED) is 0.538. The van der Waals surface area contributed by atoms with Crippen molar-refractivity contribution in [2.75, 3.05) is 32.8 Å². The molecule has 0 unspecified atom stereocenters. The molecular weight excluding hydrogens is 378 g/mol. The number of benzene rings is 1. The van der Waals surface area contributed by atoms with E-state index < -0.39 is 10.0 Å². The van der Waals surface area contributed by atoms with Crippen LogP contribution in [-0.2, 0) is 14.8 Å². The third-order valence-electron chi connectivity index (χ3n) is 3.76. The second kappa shape index (κ2) is 11.2. The molecule has 1 aliphatic rings. The molecule has 146 valence electrons. The standard InChI is InChI=1S/C17H25N3O4S.ClH/c1-2-24-15-3-5-16(6-4-15)25(22,23)20-12-9-17(21)19-13-14-7-10-18-11-8-14;/h3-7,18,20H,2,8-13H2,1H3,(H,19,21);1H. The molecule has 0 radical (unpaired) electrons. The summed E-state index contributed by atoms with van der Waals surface area (Å²) in [5.41, 5.74) is 1.20. The van der Waals surface area contributed by atoms with E-state index in [-0.39, 0.29) is 36.2 Å². The maximum absolute atomic E-state index is 12.2. The summed E-state index contributed by atoms with van der Waals surface area (Å²) in [4.78, 5) is 12.0. The van der Waals surface area contributed by atoms with E-state index in [9.17, 15) is 13.2 Å². The van der Waals surface area contributed by atoms with E-state index in [1.807, 2.05) is 6.92 Å². The molecule has 0 aromatic heterocycles. The highest BCUT2D eigenvalue weighted by molar-refractivity contribution is 7.89. The molecule has 0 atom stereocenters. The fourth-order valence-corrected chi connectivity index (χ4v) is 3.43. The molecule has 0 bridgehead atoms. The predicted molar refractivity (Wildman–Crippen MR) is 103 cm³/mol. The number of hydrogen-bond donors (Lipinski definition) is 3. The second-order valence-electron chi connectivity index (χ2n) is 5.65. The Bertz CT molecular complexity index is 705. The maximum atomic E-state index is 12.2. The highest BCUT2D eigenvalue weighted by atomic mass is 35.5. The van der Waals surface area contributed by atoms with Gasteiger partial charge in [-0.15, -0.1) is 12.4 Å². The number of halogens is 1. The monoisotopic (exact) mass is 403 g/mol. The zero-order chi connectivity index (χ0) is 18.1. The van der Waals surface area contributed by atoms with Crippen molar-refractivity contribution in [3.63, 3.8) is 0 Å². The number of nitrogens with one attached hydrogen (secondary N) is 3. The molecule has 0 spiro atoms. The van der Waals surface area contributed by atoms with Gasteiger partial charge in [0.1, 0.15) is 5.75 Å². The van der Waals surface area contributed by atoms with Gasteiger partial charge in [0.25, 0.3) is 0 Å². The van der Waals surface area contributed by atoms with Gasteiger partial charge in [-0.3, -0.25) is 4.79 Å². The normalized spacial score (nSPS) is 14.1. The van der Waals surface area contributed by atoms with Gasteiger partial charge < -0.3 is 15.4 Å². The molecule has 7 nitrogen and oxygen atoms in total. The minimum absolute atomic E-state index is 0. The van der Waals surface area contributed by atoms with Crippen LogP contribution in [0.15, 0.2) is 40.8 Å². The lowest BCUT2D eigenvalue weighted by molar-refractivity contribution is -0.120. The molecule has 3 N–H and O–H groups in total. The first-order valence-corrected chi connectivity index (χ1v) is 9.87. The Labute approximate surface area is 161 Å². The Morgan fingerprint density at radius 1 is 1.27 bits per heavy atom. The molecule has 1 aromatic carbocycles. The number of rotatable bonds is 9. The highest BCUT2D eigenvalue weighted by Gasteiger charge is 2.14. The molecule has 1 aromatic rings. The molecule has 26 heavy (non-hydrogen) atoms. The van der Waals surface area contributed by atoms with Crippen LogP contribution in [0.4, 0.5) is 0 Å². The van der Waals surface area contributed by atoms with Gasteiger partial charge in [-0.05, 0) is 44.2 Å². The van der Waals surface area contributed by atoms with Gasteiger partial charge in [0.05, 0.1) is 11.5 Å². The Balaban J connectivity index is 0.00000338. The minimum Gasteiger partial charge on any atom is -0.494 e. The zero-order valence-corrected chi connectivity index (χ0v) is 16.4. The van der Waals surface area contributed by atoms with E-state index in [0.29, 0.717) is 18.9 Å². The molecule has 0 saturated heterocycles. The summed E-state index contributed by atoms with van der Waals surface area (Å²) in [7, 11) is -3.63. The van der Waals surface area contributed by atoms with Crippen LogP contribution in [0.3, 0.4) is 0 Å². The molecule has 2 rings (SSSR count). The number of sulfonamides is 1. The average Bonchev–Trinajstić information content (AvgIpc) is 2.61. The Hall–Kier alpha value is -1.61. The smallest absolute Gasteiger partial charge is 0.240 e. The maximum Gasteiger partial charge on any atom is 0.240 e. The van der Waals surface area contributed by atoms with Gasteiger partial charge in [-0.2, -0.15) is 0 Å². The van der Waals surface area contributed by atoms with E-state index in [0.717, 1.165) is 19.5 Å². The number of carbonyl (C=O) groups is 1. The van der Waals surface area contributed by atoms with E-state index in [1.54, 1.807) is 12.1 Å². The average molecular weight is 404 g/mol. The fraction of sp³-hybridized carbons (Fsp3) is 0.471. The fourth-order valence-electron chi connectivity index (χ4n) is 2.39. The Kier molecular flexibility index (Phi) is 9.64. The van der Waals surface area contributed by atoms with E-state index >= 15 is 0 Å². The molecule has 9 heteroatoms. The highest BCUT2D eigenvalue weighted by Crippen LogP contribution is 2.15. The van der Waals surface area contributed by atoms with Crippen molar-refractivity contribution < 1.29 is 17.9 Å². The zero-order valence-electron chi connectivity index (χ0n) is 14.8. The largest absolute Gasteiger partial charge is 0.494 e. The van der Waals surface area contributed by atoms with Gasteiger partial charge >= 0.3 is 0 Å². The molecule has 1 aliphatic heterocycles. The lowest BCUT2D eigenvalue weighted by Gasteiger charge is -2.14. The summed E-state index contributed by atoms with van der Waals surface area (Å²) in [6.45, 7) is 4.70. The Morgan fingerprint density at radius 3 is 2.62 bits per heavy atom. The summed E-state index contributed by atoms with van der Waals surface area (Å²) in [5, 5.41) is 6.02. The van der Waals surface area contributed by atoms with Crippen molar-refractivity contribution >= 4 is 28.3 Å². The van der Waals surface area contributed by atoms with Gasteiger partial charge in [0.2, 0.25) is 15.9 Å². The molecule has 0 aliphatic carbocycles. The summed E-state index contributed by atoms with van der Waals surface area (Å²) in [6.07, 6.45) is 3.09. The van der Waals surface area contributed by atoms with E-state index in [4.69, 9.17) is 4.74 Å². The van der Waals surface area contributed by atoms with Crippen LogP contribution >= 0.6 is 12.4 Å². The Morgan fingerprint density at radius 2 is 2.00 bits per heavy atom. The lowest BCUT2D eigenvalue weighted by atomic mass is 10.1. The van der Waals surface area contributed by atoms with E-state index in [1.165, 1.54) is 17.7 Å². The third kappa shape index (κ3) is 7.33. The molecule has 1 amide bonds. The van der Waals surface area contributed by atoms with Gasteiger partial charge in [-0.25, -0.2) is 13.1 Å². The molecule has 1 heterocycles. The summed E-state index contributed by atoms with van der Waals surface area (Å²) in [6, 6.07) is 6.18. The van der Waals surface area contributed by atoms with Crippen molar-refractivity contribution in [2.24, 2.45) is 0 Å². The molecule has 0 fully saturated rings. The first-order valence-electron chi connectivity index (χ1n) is 8.39. The summed E-state index contributed by atoms with van der Waals surface area (Å²) in [5.74, 6) is 0.446. The first-order chi connectivity index (χ1) is 12.0. The second-order valence-corrected chi connectivity index (χ2v) is 7.41. The van der Waals surface area contributed by atoms with Crippen molar-refractivity contribution in [1.29, 1.82) is 0 Å². The SMILES string of the molecule is CCOc1ccc(S(=O)(=O)NCCC(=O)NCC2=CCNCC2)cc1.Cl. The topological polar surface area (TPSA) is 96.5 Å². The van der Waals surface area contributed by atoms with Gasteiger partial charge in [-0.1, -0.05) is 11.6 Å². The van der Waals surface area contributed by atoms with E-state index in [2.05, 4.69) is 21.4 Å². The third-order valence-corrected chi connectivity index (χ3v) is 5.24. The van der Waals surface area contributed by atoms with Crippen LogP contribution in [0.5, 0.6) is 5.75 Å². The van der Waals surface area contributed by atoms with Gasteiger partial charge in [0.15, 0.2) is 0 Å². The van der Waals surface area contributed by atoms with Crippen molar-refractivity contribution in [2.45, 2.75) is 24.7 Å². The lowest BCUT2D eigenvalue weighted by Crippen LogP contribution is -2.33. The van der Waals surface area contributed by atoms with Crippen LogP contribution in [0.2, 0.25) is 0 Å². The van der Waals surface area contributed by atoms with Crippen LogP contribution < -0.4 is 20.1 Å². The predicted octanol–water partition coefficient (Wildman–Crippen LogP) is 1.21. The summed E-state index contributed by atoms with van der Waals surface area (Å²) < 4.78 is 32.1. The molecule has 0 saturated carbocycles. The van der Waals surface area contributed by atoms with Crippen LogP contribution in [-0.4, -0.2) is 47.1 Å². The summed E-state index contributed by atoms with van der Waals surface area (Å²) >= 11 is 0. The van der Waals surface area contributed by atoms with Crippen molar-refractivity contribution in [3.8, 4) is 5.75 Å². The van der Waals surface area contributed by atoms with Crippen LogP contribution in [0, 0.1) is 0 Å². The number of carbonyl (C=O) groups excluding carboxylic acids is 1. The van der Waals surface area contributed by atoms with Gasteiger partial charge in [0, 0.05) is 26.1 Å². The number of hydrogen-bond acceptors (Lipinski definition) is 5. The van der Waals surface area contributed by atoms with Crippen molar-refractivity contribution in [3.05, 3.63) is 35.9 Å².